The number of aromatic nitrogens is 2. The number of aliphatic hydroxyl groups is 1. The van der Waals surface area contributed by atoms with Crippen LogP contribution in [0.25, 0.3) is 0 Å². The Labute approximate surface area is 80.9 Å². The van der Waals surface area contributed by atoms with Crippen molar-refractivity contribution < 1.29 is 9.84 Å². The van der Waals surface area contributed by atoms with Crippen molar-refractivity contribution in [2.24, 2.45) is 5.92 Å². The Morgan fingerprint density at radius 1 is 1.54 bits per heavy atom. The molecule has 2 rings (SSSR count). The summed E-state index contributed by atoms with van der Waals surface area (Å²) in [5.41, 5.74) is 0.705. The summed E-state index contributed by atoms with van der Waals surface area (Å²) in [5.74, 6) is 0.289. The summed E-state index contributed by atoms with van der Waals surface area (Å²) in [6.45, 7) is 1.50. The molecule has 1 aromatic heterocycles. The fraction of sp³-hybridized carbons (Fsp3) is 0.750. The molecule has 1 saturated heterocycles. The SMILES string of the molecule is OC(c1cnsn1)C1CCOCC1. The van der Waals surface area contributed by atoms with Crippen LogP contribution in [-0.2, 0) is 4.74 Å². The van der Waals surface area contributed by atoms with Gasteiger partial charge in [0.25, 0.3) is 0 Å². The molecule has 1 aliphatic rings. The minimum atomic E-state index is -0.456. The van der Waals surface area contributed by atoms with Gasteiger partial charge in [0.1, 0.15) is 11.8 Å². The highest BCUT2D eigenvalue weighted by Crippen LogP contribution is 2.28. The molecule has 0 spiro atoms. The molecular weight excluding hydrogens is 188 g/mol. The monoisotopic (exact) mass is 200 g/mol. The van der Waals surface area contributed by atoms with Crippen LogP contribution >= 0.6 is 11.7 Å². The minimum Gasteiger partial charge on any atom is -0.386 e. The number of ether oxygens (including phenoxy) is 1. The van der Waals surface area contributed by atoms with E-state index in [0.29, 0.717) is 5.69 Å². The van der Waals surface area contributed by atoms with E-state index < -0.39 is 6.10 Å². The molecule has 0 saturated carbocycles. The van der Waals surface area contributed by atoms with Crippen LogP contribution in [-0.4, -0.2) is 27.1 Å². The van der Waals surface area contributed by atoms with Crippen molar-refractivity contribution in [2.75, 3.05) is 13.2 Å². The van der Waals surface area contributed by atoms with E-state index in [1.165, 1.54) is 0 Å². The van der Waals surface area contributed by atoms with Crippen LogP contribution in [0.4, 0.5) is 0 Å². The van der Waals surface area contributed by atoms with Crippen LogP contribution in [0.2, 0.25) is 0 Å². The van der Waals surface area contributed by atoms with E-state index in [1.54, 1.807) is 6.20 Å². The first kappa shape index (κ1) is 9.05. The summed E-state index contributed by atoms with van der Waals surface area (Å²) in [7, 11) is 0. The van der Waals surface area contributed by atoms with E-state index in [1.807, 2.05) is 0 Å². The fourth-order valence-electron chi connectivity index (χ4n) is 1.58. The Balaban J connectivity index is 1.99. The van der Waals surface area contributed by atoms with Gasteiger partial charge in [-0.2, -0.15) is 8.75 Å². The van der Waals surface area contributed by atoms with E-state index in [2.05, 4.69) is 8.75 Å². The van der Waals surface area contributed by atoms with Crippen molar-refractivity contribution in [3.8, 4) is 0 Å². The molecule has 1 unspecified atom stereocenters. The van der Waals surface area contributed by atoms with Crippen LogP contribution < -0.4 is 0 Å². The maximum Gasteiger partial charge on any atom is 0.103 e. The molecule has 0 radical (unpaired) electrons. The zero-order chi connectivity index (χ0) is 9.10. The van der Waals surface area contributed by atoms with E-state index in [0.717, 1.165) is 37.8 Å². The van der Waals surface area contributed by atoms with Gasteiger partial charge < -0.3 is 9.84 Å². The Bertz CT molecular complexity index is 247. The largest absolute Gasteiger partial charge is 0.386 e. The number of aliphatic hydroxyl groups excluding tert-OH is 1. The van der Waals surface area contributed by atoms with Gasteiger partial charge in [0.15, 0.2) is 0 Å². The third kappa shape index (κ3) is 2.04. The van der Waals surface area contributed by atoms with Crippen molar-refractivity contribution in [2.45, 2.75) is 18.9 Å². The molecule has 1 fully saturated rings. The Morgan fingerprint density at radius 2 is 2.31 bits per heavy atom. The van der Waals surface area contributed by atoms with Gasteiger partial charge in [0.2, 0.25) is 0 Å². The molecular formula is C8H12N2O2S. The summed E-state index contributed by atoms with van der Waals surface area (Å²) in [5, 5.41) is 9.88. The fourth-order valence-corrected chi connectivity index (χ4v) is 2.03. The van der Waals surface area contributed by atoms with E-state index in [4.69, 9.17) is 4.74 Å². The Kier molecular flexibility index (Phi) is 2.87. The number of rotatable bonds is 2. The lowest BCUT2D eigenvalue weighted by Crippen LogP contribution is -2.22. The molecule has 5 heteroatoms. The summed E-state index contributed by atoms with van der Waals surface area (Å²) >= 11 is 1.14. The lowest BCUT2D eigenvalue weighted by Gasteiger charge is -2.25. The molecule has 0 bridgehead atoms. The molecule has 2 heterocycles. The standard InChI is InChI=1S/C8H12N2O2S/c11-8(7-5-9-13-10-7)6-1-3-12-4-2-6/h5-6,8,11H,1-4H2. The van der Waals surface area contributed by atoms with Crippen LogP contribution in [0.15, 0.2) is 6.20 Å². The molecule has 0 aromatic carbocycles. The smallest absolute Gasteiger partial charge is 0.103 e. The average molecular weight is 200 g/mol. The lowest BCUT2D eigenvalue weighted by atomic mass is 9.92. The molecule has 1 atom stereocenters. The predicted molar refractivity (Wildman–Crippen MR) is 48.4 cm³/mol. The second-order valence-electron chi connectivity index (χ2n) is 3.23. The van der Waals surface area contributed by atoms with Gasteiger partial charge in [-0.1, -0.05) is 0 Å². The quantitative estimate of drug-likeness (QED) is 0.773. The topological polar surface area (TPSA) is 55.2 Å². The van der Waals surface area contributed by atoms with E-state index in [9.17, 15) is 5.11 Å². The molecule has 4 nitrogen and oxygen atoms in total. The molecule has 0 aliphatic carbocycles. The van der Waals surface area contributed by atoms with Gasteiger partial charge in [-0.25, -0.2) is 0 Å². The van der Waals surface area contributed by atoms with Crippen LogP contribution in [0.1, 0.15) is 24.6 Å². The number of nitrogens with zero attached hydrogens (tertiary/aromatic N) is 2. The first-order valence-electron chi connectivity index (χ1n) is 4.41. The zero-order valence-corrected chi connectivity index (χ0v) is 8.04. The number of hydrogen-bond acceptors (Lipinski definition) is 5. The lowest BCUT2D eigenvalue weighted by molar-refractivity contribution is 0.00586. The molecule has 0 amide bonds. The van der Waals surface area contributed by atoms with Gasteiger partial charge in [0.05, 0.1) is 17.9 Å². The Morgan fingerprint density at radius 3 is 2.92 bits per heavy atom. The predicted octanol–water partition coefficient (Wildman–Crippen LogP) is 0.998. The van der Waals surface area contributed by atoms with Gasteiger partial charge in [-0.15, -0.1) is 0 Å². The van der Waals surface area contributed by atoms with Gasteiger partial charge in [-0.05, 0) is 18.8 Å². The van der Waals surface area contributed by atoms with Crippen molar-refractivity contribution in [3.05, 3.63) is 11.9 Å². The van der Waals surface area contributed by atoms with Gasteiger partial charge in [0, 0.05) is 13.2 Å². The molecule has 72 valence electrons. The van der Waals surface area contributed by atoms with E-state index >= 15 is 0 Å². The molecule has 1 aliphatic heterocycles. The Hall–Kier alpha value is -0.520. The van der Waals surface area contributed by atoms with Crippen molar-refractivity contribution in [3.63, 3.8) is 0 Å². The van der Waals surface area contributed by atoms with Gasteiger partial charge >= 0.3 is 0 Å². The van der Waals surface area contributed by atoms with Crippen LogP contribution in [0, 0.1) is 5.92 Å². The van der Waals surface area contributed by atoms with Crippen LogP contribution in [0.5, 0.6) is 0 Å². The van der Waals surface area contributed by atoms with Crippen LogP contribution in [0.3, 0.4) is 0 Å². The summed E-state index contributed by atoms with van der Waals surface area (Å²) in [6.07, 6.45) is 3.02. The summed E-state index contributed by atoms with van der Waals surface area (Å²) in [6, 6.07) is 0. The second kappa shape index (κ2) is 4.13. The average Bonchev–Trinajstić information content (AvgIpc) is 2.71. The zero-order valence-electron chi connectivity index (χ0n) is 7.22. The highest BCUT2D eigenvalue weighted by molar-refractivity contribution is 6.99. The normalized spacial score (nSPS) is 21.6. The van der Waals surface area contributed by atoms with Crippen molar-refractivity contribution >= 4 is 11.7 Å². The molecule has 13 heavy (non-hydrogen) atoms. The van der Waals surface area contributed by atoms with Crippen molar-refractivity contribution in [1.82, 2.24) is 8.75 Å². The second-order valence-corrected chi connectivity index (χ2v) is 3.78. The molecule has 1 aromatic rings. The third-order valence-electron chi connectivity index (χ3n) is 2.39. The van der Waals surface area contributed by atoms with Gasteiger partial charge in [-0.3, -0.25) is 0 Å². The molecule has 1 N–H and O–H groups in total. The maximum atomic E-state index is 9.88. The summed E-state index contributed by atoms with van der Waals surface area (Å²) in [4.78, 5) is 0. The minimum absolute atomic E-state index is 0.289. The first-order chi connectivity index (χ1) is 6.38. The highest BCUT2D eigenvalue weighted by Gasteiger charge is 2.24. The number of hydrogen-bond donors (Lipinski definition) is 1. The summed E-state index contributed by atoms with van der Waals surface area (Å²) < 4.78 is 13.1. The third-order valence-corrected chi connectivity index (χ3v) is 2.89. The van der Waals surface area contributed by atoms with E-state index in [-0.39, 0.29) is 5.92 Å². The first-order valence-corrected chi connectivity index (χ1v) is 5.14. The maximum absolute atomic E-state index is 9.88. The highest BCUT2D eigenvalue weighted by atomic mass is 32.1. The van der Waals surface area contributed by atoms with Crippen molar-refractivity contribution in [1.29, 1.82) is 0 Å².